The molecular weight excluding hydrogens is 200 g/mol. The molecule has 0 aromatic carbocycles. The fraction of sp³-hybridized carbons (Fsp3) is 0.769. The maximum atomic E-state index is 5.95. The summed E-state index contributed by atoms with van der Waals surface area (Å²) in [4.78, 5) is 0. The van der Waals surface area contributed by atoms with Gasteiger partial charge in [-0.05, 0) is 25.7 Å². The summed E-state index contributed by atoms with van der Waals surface area (Å²) in [6, 6.07) is 0.277. The molecule has 3 heteroatoms. The molecule has 2 aliphatic carbocycles. The summed E-state index contributed by atoms with van der Waals surface area (Å²) < 4.78 is 5.48. The summed E-state index contributed by atoms with van der Waals surface area (Å²) in [5, 5.41) is 4.33. The second-order valence-corrected chi connectivity index (χ2v) is 5.31. The first-order chi connectivity index (χ1) is 7.84. The molecule has 1 saturated carbocycles. The first-order valence-electron chi connectivity index (χ1n) is 6.57. The summed E-state index contributed by atoms with van der Waals surface area (Å²) in [7, 11) is 0. The van der Waals surface area contributed by atoms with Gasteiger partial charge in [-0.2, -0.15) is 0 Å². The van der Waals surface area contributed by atoms with Crippen LogP contribution in [0.25, 0.3) is 0 Å². The predicted octanol–water partition coefficient (Wildman–Crippen LogP) is 2.54. The Balaban J connectivity index is 1.85. The lowest BCUT2D eigenvalue weighted by atomic mass is 9.82. The summed E-state index contributed by atoms with van der Waals surface area (Å²) in [6.07, 6.45) is 9.74. The summed E-state index contributed by atoms with van der Waals surface area (Å²) in [5.74, 6) is 1.73. The minimum Gasteiger partial charge on any atom is -0.361 e. The van der Waals surface area contributed by atoms with Crippen LogP contribution in [0.4, 0.5) is 0 Å². The molecule has 1 fully saturated rings. The molecular formula is C13H20N2O. The van der Waals surface area contributed by atoms with Crippen molar-refractivity contribution in [1.82, 2.24) is 5.16 Å². The van der Waals surface area contributed by atoms with Gasteiger partial charge >= 0.3 is 0 Å². The molecule has 1 unspecified atom stereocenters. The highest BCUT2D eigenvalue weighted by molar-refractivity contribution is 5.29. The lowest BCUT2D eigenvalue weighted by Gasteiger charge is -2.22. The van der Waals surface area contributed by atoms with Gasteiger partial charge in [-0.3, -0.25) is 0 Å². The minimum atomic E-state index is 0.277. The van der Waals surface area contributed by atoms with Crippen molar-refractivity contribution < 1.29 is 4.52 Å². The van der Waals surface area contributed by atoms with E-state index in [1.54, 1.807) is 0 Å². The van der Waals surface area contributed by atoms with Crippen molar-refractivity contribution in [1.29, 1.82) is 0 Å². The van der Waals surface area contributed by atoms with Crippen molar-refractivity contribution in [3.63, 3.8) is 0 Å². The summed E-state index contributed by atoms with van der Waals surface area (Å²) >= 11 is 0. The van der Waals surface area contributed by atoms with Crippen molar-refractivity contribution in [2.24, 2.45) is 5.73 Å². The highest BCUT2D eigenvalue weighted by atomic mass is 16.5. The molecule has 88 valence electrons. The summed E-state index contributed by atoms with van der Waals surface area (Å²) in [5.41, 5.74) is 8.61. The monoisotopic (exact) mass is 220 g/mol. The molecule has 1 aromatic rings. The van der Waals surface area contributed by atoms with Gasteiger partial charge in [-0.1, -0.05) is 24.4 Å². The van der Waals surface area contributed by atoms with E-state index in [4.69, 9.17) is 10.3 Å². The number of fused-ring (bicyclic) bond motifs is 1. The fourth-order valence-corrected chi connectivity index (χ4v) is 3.15. The van der Waals surface area contributed by atoms with Crippen LogP contribution in [0.1, 0.15) is 61.5 Å². The van der Waals surface area contributed by atoms with E-state index in [9.17, 15) is 0 Å². The zero-order chi connectivity index (χ0) is 11.0. The third-order valence-corrected chi connectivity index (χ3v) is 4.10. The van der Waals surface area contributed by atoms with Gasteiger partial charge in [0, 0.05) is 23.9 Å². The highest BCUT2D eigenvalue weighted by Crippen LogP contribution is 2.36. The van der Waals surface area contributed by atoms with Crippen LogP contribution in [0.5, 0.6) is 0 Å². The first-order valence-corrected chi connectivity index (χ1v) is 6.57. The van der Waals surface area contributed by atoms with Crippen LogP contribution in [-0.2, 0) is 12.8 Å². The Bertz CT molecular complexity index is 366. The van der Waals surface area contributed by atoms with Gasteiger partial charge in [0.1, 0.15) is 5.76 Å². The molecule has 0 saturated heterocycles. The number of hydrogen-bond donors (Lipinski definition) is 1. The van der Waals surface area contributed by atoms with E-state index in [1.165, 1.54) is 43.4 Å². The molecule has 0 radical (unpaired) electrons. The largest absolute Gasteiger partial charge is 0.361 e. The topological polar surface area (TPSA) is 52.0 Å². The Morgan fingerprint density at radius 1 is 1.12 bits per heavy atom. The second kappa shape index (κ2) is 4.21. The van der Waals surface area contributed by atoms with Crippen LogP contribution in [0.2, 0.25) is 0 Å². The molecule has 2 N–H and O–H groups in total. The Labute approximate surface area is 96.4 Å². The van der Waals surface area contributed by atoms with Crippen molar-refractivity contribution in [2.75, 3.05) is 0 Å². The number of nitrogens with two attached hydrogens (primary N) is 1. The van der Waals surface area contributed by atoms with E-state index in [-0.39, 0.29) is 6.04 Å². The zero-order valence-corrected chi connectivity index (χ0v) is 9.74. The predicted molar refractivity (Wildman–Crippen MR) is 62.3 cm³/mol. The van der Waals surface area contributed by atoms with Gasteiger partial charge in [0.15, 0.2) is 0 Å². The molecule has 3 nitrogen and oxygen atoms in total. The first kappa shape index (κ1) is 10.3. The lowest BCUT2D eigenvalue weighted by Crippen LogP contribution is -2.27. The zero-order valence-electron chi connectivity index (χ0n) is 9.74. The quantitative estimate of drug-likeness (QED) is 0.791. The molecule has 0 aliphatic heterocycles. The number of hydrogen-bond acceptors (Lipinski definition) is 3. The second-order valence-electron chi connectivity index (χ2n) is 5.31. The number of nitrogens with zero attached hydrogens (tertiary/aromatic N) is 1. The Kier molecular flexibility index (Phi) is 2.72. The third-order valence-electron chi connectivity index (χ3n) is 4.10. The Morgan fingerprint density at radius 3 is 2.75 bits per heavy atom. The van der Waals surface area contributed by atoms with Gasteiger partial charge in [-0.15, -0.1) is 0 Å². The maximum Gasteiger partial charge on any atom is 0.141 e. The van der Waals surface area contributed by atoms with Crippen LogP contribution in [0.3, 0.4) is 0 Å². The van der Waals surface area contributed by atoms with E-state index < -0.39 is 0 Å². The van der Waals surface area contributed by atoms with Gasteiger partial charge in [0.2, 0.25) is 0 Å². The lowest BCUT2D eigenvalue weighted by molar-refractivity contribution is 0.348. The molecule has 1 aromatic heterocycles. The normalized spacial score (nSPS) is 26.7. The van der Waals surface area contributed by atoms with Gasteiger partial charge in [0.05, 0.1) is 5.69 Å². The van der Waals surface area contributed by atoms with Crippen LogP contribution in [-0.4, -0.2) is 11.2 Å². The van der Waals surface area contributed by atoms with E-state index in [2.05, 4.69) is 5.16 Å². The number of rotatable bonds is 1. The van der Waals surface area contributed by atoms with Crippen molar-refractivity contribution >= 4 is 0 Å². The SMILES string of the molecule is NC1CCc2c(C3CCCCC3)noc2C1. The van der Waals surface area contributed by atoms with Crippen molar-refractivity contribution in [2.45, 2.75) is 63.3 Å². The minimum absolute atomic E-state index is 0.277. The van der Waals surface area contributed by atoms with E-state index >= 15 is 0 Å². The van der Waals surface area contributed by atoms with Crippen molar-refractivity contribution in [3.8, 4) is 0 Å². The molecule has 2 aliphatic rings. The van der Waals surface area contributed by atoms with Crippen molar-refractivity contribution in [3.05, 3.63) is 17.0 Å². The molecule has 0 bridgehead atoms. The van der Waals surface area contributed by atoms with E-state index in [1.807, 2.05) is 0 Å². The maximum absolute atomic E-state index is 5.95. The van der Waals surface area contributed by atoms with E-state index in [0.717, 1.165) is 25.0 Å². The van der Waals surface area contributed by atoms with Crippen LogP contribution in [0, 0.1) is 0 Å². The Hall–Kier alpha value is -0.830. The smallest absolute Gasteiger partial charge is 0.141 e. The molecule has 1 atom stereocenters. The van der Waals surface area contributed by atoms with Gasteiger partial charge in [-0.25, -0.2) is 0 Å². The highest BCUT2D eigenvalue weighted by Gasteiger charge is 2.28. The molecule has 1 heterocycles. The standard InChI is InChI=1S/C13H20N2O/c14-10-6-7-11-12(8-10)16-15-13(11)9-4-2-1-3-5-9/h9-10H,1-8,14H2. The average Bonchev–Trinajstić information content (AvgIpc) is 2.73. The fourth-order valence-electron chi connectivity index (χ4n) is 3.15. The van der Waals surface area contributed by atoms with Crippen LogP contribution < -0.4 is 5.73 Å². The molecule has 3 rings (SSSR count). The van der Waals surface area contributed by atoms with E-state index in [0.29, 0.717) is 5.92 Å². The van der Waals surface area contributed by atoms with Crippen LogP contribution >= 0.6 is 0 Å². The Morgan fingerprint density at radius 2 is 1.94 bits per heavy atom. The molecule has 16 heavy (non-hydrogen) atoms. The number of aromatic nitrogens is 1. The molecule has 0 spiro atoms. The van der Waals surface area contributed by atoms with Crippen LogP contribution in [0.15, 0.2) is 4.52 Å². The summed E-state index contributed by atoms with van der Waals surface area (Å²) in [6.45, 7) is 0. The molecule has 0 amide bonds. The van der Waals surface area contributed by atoms with Gasteiger partial charge < -0.3 is 10.3 Å². The van der Waals surface area contributed by atoms with Gasteiger partial charge in [0.25, 0.3) is 0 Å². The third kappa shape index (κ3) is 1.77. The average molecular weight is 220 g/mol.